The molecule has 0 saturated carbocycles. The Balaban J connectivity index is 1.79. The lowest BCUT2D eigenvalue weighted by molar-refractivity contribution is 0.198. The molecule has 0 bridgehead atoms. The maximum atomic E-state index is 9.55. The van der Waals surface area contributed by atoms with Crippen LogP contribution in [0.1, 0.15) is 30.9 Å². The highest BCUT2D eigenvalue weighted by Crippen LogP contribution is 2.29. The standard InChI is InChI=1S/C13H17N3O/c17-11-5-6-16(8-11)13-7-12(14-9-15-13)10-3-1-2-4-10/h1-2,7,9-11,17H,3-6,8H2. The highest BCUT2D eigenvalue weighted by molar-refractivity contribution is 5.41. The zero-order chi connectivity index (χ0) is 11.7. The monoisotopic (exact) mass is 231 g/mol. The minimum absolute atomic E-state index is 0.207. The second-order valence-electron chi connectivity index (χ2n) is 4.83. The molecule has 1 aromatic heterocycles. The Hall–Kier alpha value is -1.42. The highest BCUT2D eigenvalue weighted by atomic mass is 16.3. The van der Waals surface area contributed by atoms with Crippen molar-refractivity contribution in [2.75, 3.05) is 18.0 Å². The summed E-state index contributed by atoms with van der Waals surface area (Å²) >= 11 is 0. The van der Waals surface area contributed by atoms with Crippen molar-refractivity contribution in [2.24, 2.45) is 0 Å². The molecular formula is C13H17N3O. The predicted molar refractivity (Wildman–Crippen MR) is 66.0 cm³/mol. The average Bonchev–Trinajstić information content (AvgIpc) is 3.00. The van der Waals surface area contributed by atoms with Crippen molar-refractivity contribution >= 4 is 5.82 Å². The van der Waals surface area contributed by atoms with E-state index in [1.807, 2.05) is 0 Å². The summed E-state index contributed by atoms with van der Waals surface area (Å²) in [4.78, 5) is 10.8. The third kappa shape index (κ3) is 2.17. The quantitative estimate of drug-likeness (QED) is 0.783. The fourth-order valence-electron chi connectivity index (χ4n) is 2.57. The zero-order valence-electron chi connectivity index (χ0n) is 9.79. The van der Waals surface area contributed by atoms with Gasteiger partial charge in [-0.25, -0.2) is 9.97 Å². The first-order chi connectivity index (χ1) is 8.33. The van der Waals surface area contributed by atoms with E-state index in [1.54, 1.807) is 6.33 Å². The van der Waals surface area contributed by atoms with Gasteiger partial charge in [-0.3, -0.25) is 0 Å². The van der Waals surface area contributed by atoms with Gasteiger partial charge in [-0.05, 0) is 19.3 Å². The van der Waals surface area contributed by atoms with Gasteiger partial charge in [0.05, 0.1) is 6.10 Å². The molecule has 1 N–H and O–H groups in total. The summed E-state index contributed by atoms with van der Waals surface area (Å²) < 4.78 is 0. The summed E-state index contributed by atoms with van der Waals surface area (Å²) in [7, 11) is 0. The number of aromatic nitrogens is 2. The van der Waals surface area contributed by atoms with Crippen LogP contribution in [0, 0.1) is 0 Å². The summed E-state index contributed by atoms with van der Waals surface area (Å²) in [6.07, 6.45) is 8.87. The van der Waals surface area contributed by atoms with Crippen molar-refractivity contribution in [3.63, 3.8) is 0 Å². The first kappa shape index (κ1) is 10.7. The lowest BCUT2D eigenvalue weighted by Gasteiger charge is -2.18. The van der Waals surface area contributed by atoms with Crippen LogP contribution in [-0.2, 0) is 0 Å². The molecule has 2 heterocycles. The predicted octanol–water partition coefficient (Wildman–Crippen LogP) is 1.48. The van der Waals surface area contributed by atoms with Crippen molar-refractivity contribution in [3.8, 4) is 0 Å². The van der Waals surface area contributed by atoms with Crippen LogP contribution in [0.15, 0.2) is 24.5 Å². The van der Waals surface area contributed by atoms with Crippen LogP contribution in [0.5, 0.6) is 0 Å². The van der Waals surface area contributed by atoms with Crippen molar-refractivity contribution in [3.05, 3.63) is 30.2 Å². The third-order valence-electron chi connectivity index (χ3n) is 3.59. The van der Waals surface area contributed by atoms with E-state index >= 15 is 0 Å². The summed E-state index contributed by atoms with van der Waals surface area (Å²) in [5, 5.41) is 9.55. The van der Waals surface area contributed by atoms with Gasteiger partial charge in [0, 0.05) is 30.8 Å². The van der Waals surface area contributed by atoms with Crippen LogP contribution in [0.3, 0.4) is 0 Å². The third-order valence-corrected chi connectivity index (χ3v) is 3.59. The molecule has 1 saturated heterocycles. The Labute approximate surface area is 101 Å². The number of nitrogens with zero attached hydrogens (tertiary/aromatic N) is 3. The van der Waals surface area contributed by atoms with Gasteiger partial charge < -0.3 is 10.0 Å². The Kier molecular flexibility index (Phi) is 2.81. The van der Waals surface area contributed by atoms with Crippen molar-refractivity contribution in [2.45, 2.75) is 31.3 Å². The largest absolute Gasteiger partial charge is 0.391 e. The van der Waals surface area contributed by atoms with Crippen molar-refractivity contribution < 1.29 is 5.11 Å². The second kappa shape index (κ2) is 4.45. The molecule has 90 valence electrons. The average molecular weight is 231 g/mol. The van der Waals surface area contributed by atoms with E-state index in [9.17, 15) is 5.11 Å². The lowest BCUT2D eigenvalue weighted by Crippen LogP contribution is -2.22. The second-order valence-corrected chi connectivity index (χ2v) is 4.83. The number of hydrogen-bond donors (Lipinski definition) is 1. The van der Waals surface area contributed by atoms with Gasteiger partial charge >= 0.3 is 0 Å². The molecule has 0 amide bonds. The molecule has 1 aromatic rings. The van der Waals surface area contributed by atoms with Gasteiger partial charge in [0.15, 0.2) is 0 Å². The van der Waals surface area contributed by atoms with Crippen LogP contribution in [0.4, 0.5) is 5.82 Å². The molecule has 17 heavy (non-hydrogen) atoms. The number of anilines is 1. The smallest absolute Gasteiger partial charge is 0.132 e. The topological polar surface area (TPSA) is 49.2 Å². The molecular weight excluding hydrogens is 214 g/mol. The van der Waals surface area contributed by atoms with E-state index in [-0.39, 0.29) is 6.10 Å². The summed E-state index contributed by atoms with van der Waals surface area (Å²) in [6.45, 7) is 1.58. The van der Waals surface area contributed by atoms with Crippen LogP contribution >= 0.6 is 0 Å². The number of hydrogen-bond acceptors (Lipinski definition) is 4. The van der Waals surface area contributed by atoms with E-state index in [0.717, 1.165) is 37.3 Å². The van der Waals surface area contributed by atoms with Crippen LogP contribution in [0.25, 0.3) is 0 Å². The molecule has 3 rings (SSSR count). The van der Waals surface area contributed by atoms with Crippen LogP contribution in [0.2, 0.25) is 0 Å². The highest BCUT2D eigenvalue weighted by Gasteiger charge is 2.22. The van der Waals surface area contributed by atoms with Crippen molar-refractivity contribution in [1.29, 1.82) is 0 Å². The first-order valence-corrected chi connectivity index (χ1v) is 6.23. The Morgan fingerprint density at radius 1 is 1.24 bits per heavy atom. The number of rotatable bonds is 2. The Morgan fingerprint density at radius 2 is 2.06 bits per heavy atom. The number of allylic oxidation sites excluding steroid dienone is 2. The first-order valence-electron chi connectivity index (χ1n) is 6.23. The van der Waals surface area contributed by atoms with E-state index in [1.165, 1.54) is 0 Å². The number of aliphatic hydroxyl groups is 1. The van der Waals surface area contributed by atoms with Crippen LogP contribution < -0.4 is 4.90 Å². The molecule has 2 aliphatic rings. The van der Waals surface area contributed by atoms with Crippen molar-refractivity contribution in [1.82, 2.24) is 9.97 Å². The molecule has 0 aromatic carbocycles. The molecule has 1 fully saturated rings. The number of aliphatic hydroxyl groups excluding tert-OH is 1. The normalized spacial score (nSPS) is 24.8. The van der Waals surface area contributed by atoms with E-state index in [0.29, 0.717) is 12.5 Å². The van der Waals surface area contributed by atoms with E-state index in [2.05, 4.69) is 33.1 Å². The van der Waals surface area contributed by atoms with Gasteiger partial charge in [0.25, 0.3) is 0 Å². The fourth-order valence-corrected chi connectivity index (χ4v) is 2.57. The Bertz CT molecular complexity index is 424. The van der Waals surface area contributed by atoms with E-state index < -0.39 is 0 Å². The lowest BCUT2D eigenvalue weighted by atomic mass is 10.0. The van der Waals surface area contributed by atoms with Gasteiger partial charge in [0.2, 0.25) is 0 Å². The van der Waals surface area contributed by atoms with Gasteiger partial charge in [0.1, 0.15) is 12.1 Å². The molecule has 1 unspecified atom stereocenters. The molecule has 1 aliphatic heterocycles. The van der Waals surface area contributed by atoms with Gasteiger partial charge in [-0.2, -0.15) is 0 Å². The number of β-amino-alcohol motifs (C(OH)–C–C–N with tert-alkyl or cyclic N) is 1. The molecule has 1 atom stereocenters. The van der Waals surface area contributed by atoms with Gasteiger partial charge in [-0.1, -0.05) is 12.2 Å². The fraction of sp³-hybridized carbons (Fsp3) is 0.538. The Morgan fingerprint density at radius 3 is 2.76 bits per heavy atom. The van der Waals surface area contributed by atoms with Crippen LogP contribution in [-0.4, -0.2) is 34.3 Å². The summed E-state index contributed by atoms with van der Waals surface area (Å²) in [5.74, 6) is 1.47. The molecule has 4 nitrogen and oxygen atoms in total. The summed E-state index contributed by atoms with van der Waals surface area (Å²) in [5.41, 5.74) is 1.13. The van der Waals surface area contributed by atoms with E-state index in [4.69, 9.17) is 0 Å². The SMILES string of the molecule is OC1CCN(c2cc(C3CC=CC3)ncn2)C1. The zero-order valence-corrected chi connectivity index (χ0v) is 9.79. The minimum atomic E-state index is -0.207. The molecule has 0 radical (unpaired) electrons. The molecule has 4 heteroatoms. The van der Waals surface area contributed by atoms with Gasteiger partial charge in [-0.15, -0.1) is 0 Å². The molecule has 0 spiro atoms. The molecule has 1 aliphatic carbocycles. The summed E-state index contributed by atoms with van der Waals surface area (Å²) in [6, 6.07) is 2.08. The minimum Gasteiger partial charge on any atom is -0.391 e. The maximum Gasteiger partial charge on any atom is 0.132 e. The maximum absolute atomic E-state index is 9.55.